The zero-order valence-corrected chi connectivity index (χ0v) is 7.59. The molecule has 2 nitrogen and oxygen atoms in total. The van der Waals surface area contributed by atoms with E-state index in [9.17, 15) is 4.79 Å². The van der Waals surface area contributed by atoms with E-state index in [1.54, 1.807) is 0 Å². The quantitative estimate of drug-likeness (QED) is 0.593. The topological polar surface area (TPSA) is 20.3 Å². The van der Waals surface area contributed by atoms with Crippen LogP contribution in [0, 0.1) is 5.41 Å². The van der Waals surface area contributed by atoms with Crippen molar-refractivity contribution in [2.75, 3.05) is 19.6 Å². The van der Waals surface area contributed by atoms with E-state index in [0.717, 1.165) is 19.4 Å². The van der Waals surface area contributed by atoms with Crippen LogP contribution in [0.25, 0.3) is 0 Å². The maximum Gasteiger partial charge on any atom is 0.127 e. The van der Waals surface area contributed by atoms with Crippen molar-refractivity contribution >= 4 is 6.29 Å². The fraction of sp³-hybridized carbons (Fsp3) is 0.900. The Kier molecular flexibility index (Phi) is 2.18. The monoisotopic (exact) mass is 167 g/mol. The molecule has 1 saturated carbocycles. The zero-order valence-electron chi connectivity index (χ0n) is 7.59. The lowest BCUT2D eigenvalue weighted by molar-refractivity contribution is -0.121. The summed E-state index contributed by atoms with van der Waals surface area (Å²) in [6.45, 7) is 3.47. The Bertz CT molecular complexity index is 169. The molecule has 0 N–H and O–H groups in total. The van der Waals surface area contributed by atoms with Crippen LogP contribution in [0.4, 0.5) is 0 Å². The van der Waals surface area contributed by atoms with E-state index in [2.05, 4.69) is 4.90 Å². The number of rotatable bonds is 3. The smallest absolute Gasteiger partial charge is 0.127 e. The Morgan fingerprint density at radius 1 is 1.17 bits per heavy atom. The molecule has 2 heteroatoms. The second-order valence-corrected chi connectivity index (χ2v) is 4.32. The van der Waals surface area contributed by atoms with Gasteiger partial charge in [0.15, 0.2) is 0 Å². The minimum atomic E-state index is 0.0738. The van der Waals surface area contributed by atoms with Crippen molar-refractivity contribution in [3.05, 3.63) is 0 Å². The van der Waals surface area contributed by atoms with E-state index in [1.165, 1.54) is 38.6 Å². The second kappa shape index (κ2) is 3.17. The van der Waals surface area contributed by atoms with Crippen LogP contribution in [0.5, 0.6) is 0 Å². The molecule has 0 unspecified atom stereocenters. The van der Waals surface area contributed by atoms with Gasteiger partial charge in [0.2, 0.25) is 0 Å². The number of hydrogen-bond acceptors (Lipinski definition) is 2. The highest BCUT2D eigenvalue weighted by molar-refractivity contribution is 5.61. The first kappa shape index (κ1) is 8.24. The molecule has 2 rings (SSSR count). The van der Waals surface area contributed by atoms with Gasteiger partial charge < -0.3 is 9.69 Å². The third-order valence-electron chi connectivity index (χ3n) is 3.34. The van der Waals surface area contributed by atoms with Crippen molar-refractivity contribution in [2.45, 2.75) is 32.1 Å². The molecule has 2 aliphatic rings. The molecule has 1 aliphatic carbocycles. The molecular formula is C10H17NO. The van der Waals surface area contributed by atoms with Crippen molar-refractivity contribution in [3.8, 4) is 0 Å². The largest absolute Gasteiger partial charge is 0.303 e. The lowest BCUT2D eigenvalue weighted by Crippen LogP contribution is -2.42. The minimum Gasteiger partial charge on any atom is -0.303 e. The molecular weight excluding hydrogens is 150 g/mol. The van der Waals surface area contributed by atoms with Gasteiger partial charge in [-0.25, -0.2) is 0 Å². The van der Waals surface area contributed by atoms with E-state index in [-0.39, 0.29) is 5.41 Å². The van der Waals surface area contributed by atoms with Crippen molar-refractivity contribution in [1.82, 2.24) is 4.90 Å². The molecule has 1 saturated heterocycles. The van der Waals surface area contributed by atoms with E-state index in [0.29, 0.717) is 0 Å². The fourth-order valence-corrected chi connectivity index (χ4v) is 2.33. The maximum absolute atomic E-state index is 10.9. The maximum atomic E-state index is 10.9. The number of carbonyl (C=O) groups is 1. The molecule has 68 valence electrons. The highest BCUT2D eigenvalue weighted by atomic mass is 16.1. The lowest BCUT2D eigenvalue weighted by atomic mass is 9.69. The van der Waals surface area contributed by atoms with Crippen LogP contribution in [0.2, 0.25) is 0 Å². The zero-order chi connectivity index (χ0) is 8.44. The molecule has 0 radical (unpaired) electrons. The Morgan fingerprint density at radius 3 is 2.25 bits per heavy atom. The van der Waals surface area contributed by atoms with Crippen LogP contribution < -0.4 is 0 Å². The molecule has 2 fully saturated rings. The van der Waals surface area contributed by atoms with E-state index in [4.69, 9.17) is 0 Å². The minimum absolute atomic E-state index is 0.0738. The second-order valence-electron chi connectivity index (χ2n) is 4.32. The van der Waals surface area contributed by atoms with Crippen LogP contribution in [0.15, 0.2) is 0 Å². The Labute approximate surface area is 73.9 Å². The van der Waals surface area contributed by atoms with Crippen molar-refractivity contribution < 1.29 is 4.79 Å². The van der Waals surface area contributed by atoms with Gasteiger partial charge in [-0.05, 0) is 38.8 Å². The van der Waals surface area contributed by atoms with Crippen LogP contribution in [0.3, 0.4) is 0 Å². The summed E-state index contributed by atoms with van der Waals surface area (Å²) < 4.78 is 0. The summed E-state index contributed by atoms with van der Waals surface area (Å²) in [5, 5.41) is 0. The predicted octanol–water partition coefficient (Wildman–Crippen LogP) is 1.45. The van der Waals surface area contributed by atoms with Crippen LogP contribution >= 0.6 is 0 Å². The number of aldehydes is 1. The molecule has 0 spiro atoms. The van der Waals surface area contributed by atoms with Gasteiger partial charge in [-0.15, -0.1) is 0 Å². The molecule has 0 aromatic heterocycles. The summed E-state index contributed by atoms with van der Waals surface area (Å²) in [5.74, 6) is 0. The normalized spacial score (nSPS) is 28.3. The van der Waals surface area contributed by atoms with E-state index >= 15 is 0 Å². The average Bonchev–Trinajstić information content (AvgIpc) is 2.49. The highest BCUT2D eigenvalue weighted by Gasteiger charge is 2.38. The lowest BCUT2D eigenvalue weighted by Gasteiger charge is -2.39. The molecule has 1 heterocycles. The van der Waals surface area contributed by atoms with Gasteiger partial charge in [0.25, 0.3) is 0 Å². The third kappa shape index (κ3) is 1.40. The first-order valence-corrected chi connectivity index (χ1v) is 5.03. The molecule has 0 bridgehead atoms. The van der Waals surface area contributed by atoms with E-state index < -0.39 is 0 Å². The number of hydrogen-bond donors (Lipinski definition) is 0. The SMILES string of the molecule is O=CC1(CN2CCCC2)CCC1. The molecule has 0 aromatic rings. The number of carbonyl (C=O) groups excluding carboxylic acids is 1. The number of nitrogens with zero attached hydrogens (tertiary/aromatic N) is 1. The summed E-state index contributed by atoms with van der Waals surface area (Å²) >= 11 is 0. The summed E-state index contributed by atoms with van der Waals surface area (Å²) in [6, 6.07) is 0. The van der Waals surface area contributed by atoms with E-state index in [1.807, 2.05) is 0 Å². The molecule has 1 aliphatic heterocycles. The molecule has 12 heavy (non-hydrogen) atoms. The van der Waals surface area contributed by atoms with Gasteiger partial charge in [0.05, 0.1) is 0 Å². The van der Waals surface area contributed by atoms with Gasteiger partial charge in [-0.2, -0.15) is 0 Å². The summed E-state index contributed by atoms with van der Waals surface area (Å²) in [6.07, 6.45) is 7.38. The van der Waals surface area contributed by atoms with Crippen molar-refractivity contribution in [2.24, 2.45) is 5.41 Å². The standard InChI is InChI=1S/C10H17NO/c12-9-10(4-3-5-10)8-11-6-1-2-7-11/h9H,1-8H2. The first-order chi connectivity index (χ1) is 5.85. The highest BCUT2D eigenvalue weighted by Crippen LogP contribution is 2.39. The van der Waals surface area contributed by atoms with Gasteiger partial charge >= 0.3 is 0 Å². The first-order valence-electron chi connectivity index (χ1n) is 5.03. The van der Waals surface area contributed by atoms with Gasteiger partial charge in [-0.3, -0.25) is 0 Å². The molecule has 0 amide bonds. The van der Waals surface area contributed by atoms with Gasteiger partial charge in [0.1, 0.15) is 6.29 Å². The fourth-order valence-electron chi connectivity index (χ4n) is 2.33. The van der Waals surface area contributed by atoms with Gasteiger partial charge in [-0.1, -0.05) is 6.42 Å². The summed E-state index contributed by atoms with van der Waals surface area (Å²) in [7, 11) is 0. The van der Waals surface area contributed by atoms with Gasteiger partial charge in [0, 0.05) is 12.0 Å². The third-order valence-corrected chi connectivity index (χ3v) is 3.34. The van der Waals surface area contributed by atoms with Crippen LogP contribution in [-0.2, 0) is 4.79 Å². The molecule has 0 aromatic carbocycles. The number of likely N-dealkylation sites (tertiary alicyclic amines) is 1. The van der Waals surface area contributed by atoms with Crippen LogP contribution in [0.1, 0.15) is 32.1 Å². The van der Waals surface area contributed by atoms with Crippen molar-refractivity contribution in [1.29, 1.82) is 0 Å². The Morgan fingerprint density at radius 2 is 1.83 bits per heavy atom. The Hall–Kier alpha value is -0.370. The molecule has 0 atom stereocenters. The summed E-state index contributed by atoms with van der Waals surface area (Å²) in [5.41, 5.74) is 0.0738. The average molecular weight is 167 g/mol. The van der Waals surface area contributed by atoms with Crippen LogP contribution in [-0.4, -0.2) is 30.8 Å². The van der Waals surface area contributed by atoms with Crippen molar-refractivity contribution in [3.63, 3.8) is 0 Å². The predicted molar refractivity (Wildman–Crippen MR) is 48.0 cm³/mol. The summed E-state index contributed by atoms with van der Waals surface area (Å²) in [4.78, 5) is 13.3. The Balaban J connectivity index is 1.87.